The van der Waals surface area contributed by atoms with Gasteiger partial charge in [-0.3, -0.25) is 0 Å². The predicted octanol–water partition coefficient (Wildman–Crippen LogP) is 0.554. The summed E-state index contributed by atoms with van der Waals surface area (Å²) in [4.78, 5) is 0. The van der Waals surface area contributed by atoms with Crippen molar-refractivity contribution in [3.05, 3.63) is 0 Å². The van der Waals surface area contributed by atoms with Gasteiger partial charge in [-0.15, -0.1) is 0 Å². The fourth-order valence-electron chi connectivity index (χ4n) is 2.08. The maximum atomic E-state index is 12.1. The molecule has 1 rings (SSSR count). The van der Waals surface area contributed by atoms with Crippen molar-refractivity contribution in [3.63, 3.8) is 0 Å². The van der Waals surface area contributed by atoms with E-state index in [2.05, 4.69) is 0 Å². The number of nitrogens with zero attached hydrogens (tertiary/aromatic N) is 1. The van der Waals surface area contributed by atoms with Crippen molar-refractivity contribution in [2.45, 2.75) is 45.3 Å². The molecule has 1 unspecified atom stereocenters. The molecule has 1 aliphatic heterocycles. The average Bonchev–Trinajstić information content (AvgIpc) is 2.28. The van der Waals surface area contributed by atoms with Crippen LogP contribution in [0.5, 0.6) is 0 Å². The van der Waals surface area contributed by atoms with Gasteiger partial charge in [-0.1, -0.05) is 6.42 Å². The van der Waals surface area contributed by atoms with Crippen molar-refractivity contribution in [1.29, 1.82) is 0 Å². The molecule has 0 amide bonds. The van der Waals surface area contributed by atoms with Crippen LogP contribution in [0.3, 0.4) is 0 Å². The van der Waals surface area contributed by atoms with Crippen LogP contribution in [0.1, 0.15) is 33.1 Å². The minimum atomic E-state index is -3.21. The van der Waals surface area contributed by atoms with Gasteiger partial charge in [0.25, 0.3) is 0 Å². The molecule has 102 valence electrons. The number of nitrogens with two attached hydrogens (primary N) is 1. The Labute approximate surface area is 104 Å². The zero-order valence-corrected chi connectivity index (χ0v) is 11.6. The molecule has 1 atom stereocenters. The highest BCUT2D eigenvalue weighted by atomic mass is 32.2. The quantitative estimate of drug-likeness (QED) is 0.760. The molecule has 1 heterocycles. The Kier molecular flexibility index (Phi) is 5.85. The van der Waals surface area contributed by atoms with Crippen LogP contribution in [0.4, 0.5) is 0 Å². The normalized spacial score (nSPS) is 23.2. The van der Waals surface area contributed by atoms with Gasteiger partial charge in [0.05, 0.1) is 18.5 Å². The minimum absolute atomic E-state index is 0.0206. The summed E-state index contributed by atoms with van der Waals surface area (Å²) >= 11 is 0. The monoisotopic (exact) mass is 264 g/mol. The zero-order chi connectivity index (χ0) is 12.9. The van der Waals surface area contributed by atoms with Crippen molar-refractivity contribution in [3.8, 4) is 0 Å². The molecule has 0 spiro atoms. The van der Waals surface area contributed by atoms with E-state index in [0.717, 1.165) is 19.3 Å². The van der Waals surface area contributed by atoms with Gasteiger partial charge in [0, 0.05) is 19.1 Å². The zero-order valence-electron chi connectivity index (χ0n) is 10.8. The van der Waals surface area contributed by atoms with E-state index >= 15 is 0 Å². The van der Waals surface area contributed by atoms with Crippen LogP contribution in [0.2, 0.25) is 0 Å². The molecule has 0 aromatic carbocycles. The Balaban J connectivity index is 2.55. The maximum Gasteiger partial charge on any atom is 0.216 e. The summed E-state index contributed by atoms with van der Waals surface area (Å²) in [5, 5.41) is 0. The van der Waals surface area contributed by atoms with Crippen LogP contribution < -0.4 is 5.73 Å². The Morgan fingerprint density at radius 2 is 2.12 bits per heavy atom. The number of piperidine rings is 1. The summed E-state index contributed by atoms with van der Waals surface area (Å²) in [6.07, 6.45) is 2.94. The second-order valence-corrected chi connectivity index (χ2v) is 6.77. The highest BCUT2D eigenvalue weighted by molar-refractivity contribution is 7.89. The van der Waals surface area contributed by atoms with Gasteiger partial charge in [0.15, 0.2) is 0 Å². The Hall–Kier alpha value is -0.170. The number of sulfonamides is 1. The summed E-state index contributed by atoms with van der Waals surface area (Å²) in [7, 11) is -3.21. The van der Waals surface area contributed by atoms with Crippen LogP contribution >= 0.6 is 0 Å². The van der Waals surface area contributed by atoms with E-state index < -0.39 is 10.0 Å². The van der Waals surface area contributed by atoms with Crippen molar-refractivity contribution in [1.82, 2.24) is 4.31 Å². The number of rotatable bonds is 6. The number of hydrogen-bond acceptors (Lipinski definition) is 4. The number of ether oxygens (including phenoxy) is 1. The third-order valence-corrected chi connectivity index (χ3v) is 4.87. The van der Waals surface area contributed by atoms with Crippen molar-refractivity contribution in [2.24, 2.45) is 5.73 Å². The molecule has 1 fully saturated rings. The summed E-state index contributed by atoms with van der Waals surface area (Å²) in [5.74, 6) is 0.0572. The van der Waals surface area contributed by atoms with E-state index in [1.54, 1.807) is 4.31 Å². The Bertz CT molecular complexity index is 317. The van der Waals surface area contributed by atoms with Gasteiger partial charge in [-0.2, -0.15) is 4.31 Å². The van der Waals surface area contributed by atoms with Crippen molar-refractivity contribution in [2.75, 3.05) is 25.4 Å². The lowest BCUT2D eigenvalue weighted by molar-refractivity contribution is 0.0902. The SMILES string of the molecule is CC(C)OCCS(=O)(=O)N1CCCCC1CN. The molecule has 0 aliphatic carbocycles. The largest absolute Gasteiger partial charge is 0.378 e. The molecule has 0 radical (unpaired) electrons. The van der Waals surface area contributed by atoms with Crippen LogP contribution in [-0.2, 0) is 14.8 Å². The van der Waals surface area contributed by atoms with Gasteiger partial charge in [0.2, 0.25) is 10.0 Å². The topological polar surface area (TPSA) is 72.6 Å². The smallest absolute Gasteiger partial charge is 0.216 e. The first-order valence-electron chi connectivity index (χ1n) is 6.28. The third kappa shape index (κ3) is 4.54. The van der Waals surface area contributed by atoms with E-state index in [1.165, 1.54) is 0 Å². The van der Waals surface area contributed by atoms with Crippen LogP contribution in [0.15, 0.2) is 0 Å². The molecule has 6 heteroatoms. The Morgan fingerprint density at radius 3 is 2.71 bits per heavy atom. The van der Waals surface area contributed by atoms with Crippen molar-refractivity contribution < 1.29 is 13.2 Å². The molecule has 0 aromatic rings. The summed E-state index contributed by atoms with van der Waals surface area (Å²) < 4.78 is 31.1. The van der Waals surface area contributed by atoms with Gasteiger partial charge in [-0.25, -0.2) is 8.42 Å². The predicted molar refractivity (Wildman–Crippen MR) is 68.3 cm³/mol. The maximum absolute atomic E-state index is 12.1. The summed E-state index contributed by atoms with van der Waals surface area (Å²) in [6.45, 7) is 5.07. The lowest BCUT2D eigenvalue weighted by Gasteiger charge is -2.33. The van der Waals surface area contributed by atoms with Gasteiger partial charge in [0.1, 0.15) is 0 Å². The van der Waals surface area contributed by atoms with Gasteiger partial charge >= 0.3 is 0 Å². The second kappa shape index (κ2) is 6.68. The molecule has 1 saturated heterocycles. The van der Waals surface area contributed by atoms with Crippen LogP contribution in [0.25, 0.3) is 0 Å². The lowest BCUT2D eigenvalue weighted by Crippen LogP contribution is -2.48. The summed E-state index contributed by atoms with van der Waals surface area (Å²) in [5.41, 5.74) is 5.63. The standard InChI is InChI=1S/C11H24N2O3S/c1-10(2)16-7-8-17(14,15)13-6-4-3-5-11(13)9-12/h10-11H,3-9,12H2,1-2H3. The fourth-order valence-corrected chi connectivity index (χ4v) is 3.68. The molecule has 17 heavy (non-hydrogen) atoms. The minimum Gasteiger partial charge on any atom is -0.378 e. The van der Waals surface area contributed by atoms with E-state index in [1.807, 2.05) is 13.8 Å². The molecular weight excluding hydrogens is 240 g/mol. The van der Waals surface area contributed by atoms with Gasteiger partial charge < -0.3 is 10.5 Å². The fraction of sp³-hybridized carbons (Fsp3) is 1.00. The van der Waals surface area contributed by atoms with Crippen LogP contribution in [-0.4, -0.2) is 50.3 Å². The molecule has 0 bridgehead atoms. The summed E-state index contributed by atoms with van der Waals surface area (Å²) in [6, 6.07) is -0.0206. The van der Waals surface area contributed by atoms with E-state index in [-0.39, 0.29) is 24.5 Å². The second-order valence-electron chi connectivity index (χ2n) is 4.73. The molecule has 0 aromatic heterocycles. The van der Waals surface area contributed by atoms with E-state index in [9.17, 15) is 8.42 Å². The molecule has 5 nitrogen and oxygen atoms in total. The first-order valence-corrected chi connectivity index (χ1v) is 7.89. The highest BCUT2D eigenvalue weighted by Crippen LogP contribution is 2.20. The average molecular weight is 264 g/mol. The van der Waals surface area contributed by atoms with Crippen molar-refractivity contribution >= 4 is 10.0 Å². The molecule has 1 aliphatic rings. The van der Waals surface area contributed by atoms with Gasteiger partial charge in [-0.05, 0) is 26.7 Å². The first kappa shape index (κ1) is 14.9. The van der Waals surface area contributed by atoms with E-state index in [4.69, 9.17) is 10.5 Å². The van der Waals surface area contributed by atoms with Crippen LogP contribution in [0, 0.1) is 0 Å². The number of hydrogen-bond donors (Lipinski definition) is 1. The molecule has 0 saturated carbocycles. The third-order valence-electron chi connectivity index (χ3n) is 2.99. The molecule has 2 N–H and O–H groups in total. The Morgan fingerprint density at radius 1 is 1.41 bits per heavy atom. The van der Waals surface area contributed by atoms with E-state index in [0.29, 0.717) is 13.1 Å². The molecular formula is C11H24N2O3S. The lowest BCUT2D eigenvalue weighted by atomic mass is 10.1. The highest BCUT2D eigenvalue weighted by Gasteiger charge is 2.30. The first-order chi connectivity index (χ1) is 7.97.